The molecule has 0 saturated carbocycles. The smallest absolute Gasteiger partial charge is 0.225 e. The molecule has 0 fully saturated rings. The monoisotopic (exact) mass is 444 g/mol. The molecule has 0 aliphatic carbocycles. The summed E-state index contributed by atoms with van der Waals surface area (Å²) in [7, 11) is 1.63. The number of benzene rings is 3. The number of hydrogen-bond acceptors (Lipinski definition) is 5. The van der Waals surface area contributed by atoms with Crippen LogP contribution in [0.1, 0.15) is 12.0 Å². The van der Waals surface area contributed by atoms with Crippen LogP contribution in [-0.2, 0) is 4.79 Å². The zero-order chi connectivity index (χ0) is 22.3. The number of rotatable bonds is 8. The summed E-state index contributed by atoms with van der Waals surface area (Å²) < 4.78 is 7.06. The normalized spacial score (nSPS) is 10.7. The van der Waals surface area contributed by atoms with E-state index < -0.39 is 0 Å². The lowest BCUT2D eigenvalue weighted by atomic mass is 10.2. The topological polar surface area (TPSA) is 69.0 Å². The lowest BCUT2D eigenvalue weighted by Crippen LogP contribution is -2.13. The molecule has 32 heavy (non-hydrogen) atoms. The number of para-hydroxylation sites is 1. The minimum absolute atomic E-state index is 0.0449. The first-order valence-corrected chi connectivity index (χ1v) is 11.3. The van der Waals surface area contributed by atoms with Crippen molar-refractivity contribution in [1.82, 2.24) is 14.8 Å². The predicted octanol–water partition coefficient (Wildman–Crippen LogP) is 5.37. The lowest BCUT2D eigenvalue weighted by molar-refractivity contribution is -0.115. The summed E-state index contributed by atoms with van der Waals surface area (Å²) in [6.45, 7) is 1.94. The second-order valence-electron chi connectivity index (χ2n) is 7.16. The number of anilines is 1. The Morgan fingerprint density at radius 3 is 2.44 bits per heavy atom. The van der Waals surface area contributed by atoms with Gasteiger partial charge in [0.15, 0.2) is 5.82 Å². The zero-order valence-electron chi connectivity index (χ0n) is 18.0. The molecule has 4 rings (SSSR count). The molecule has 0 aliphatic rings. The van der Waals surface area contributed by atoms with Crippen LogP contribution in [0.15, 0.2) is 84.0 Å². The van der Waals surface area contributed by atoms with Crippen LogP contribution in [0, 0.1) is 6.92 Å². The van der Waals surface area contributed by atoms with Crippen molar-refractivity contribution in [3.05, 3.63) is 84.4 Å². The molecule has 0 radical (unpaired) electrons. The van der Waals surface area contributed by atoms with Crippen molar-refractivity contribution >= 4 is 23.4 Å². The average Bonchev–Trinajstić information content (AvgIpc) is 3.26. The minimum atomic E-state index is -0.0449. The number of nitrogens with one attached hydrogen (secondary N) is 1. The Morgan fingerprint density at radius 1 is 1.03 bits per heavy atom. The number of carbonyl (C=O) groups excluding carboxylic acids is 1. The Kier molecular flexibility index (Phi) is 6.87. The molecule has 1 N–H and O–H groups in total. The van der Waals surface area contributed by atoms with E-state index in [9.17, 15) is 4.79 Å². The van der Waals surface area contributed by atoms with Gasteiger partial charge in [-0.25, -0.2) is 9.67 Å². The molecule has 6 nitrogen and oxygen atoms in total. The van der Waals surface area contributed by atoms with E-state index >= 15 is 0 Å². The standard InChI is InChI=1S/C25H24N4O2S/c1-18-17-21(31-2)13-14-22(18)26-23(30)15-16-32-25-27-24(19-9-5-3-6-10-19)29(28-25)20-11-7-4-8-12-20/h3-14,17H,15-16H2,1-2H3,(H,26,30). The first-order valence-electron chi connectivity index (χ1n) is 10.3. The molecular weight excluding hydrogens is 420 g/mol. The fourth-order valence-corrected chi connectivity index (χ4v) is 3.99. The minimum Gasteiger partial charge on any atom is -0.497 e. The number of thioether (sulfide) groups is 1. The summed E-state index contributed by atoms with van der Waals surface area (Å²) in [6, 6.07) is 25.5. The van der Waals surface area contributed by atoms with E-state index in [0.717, 1.165) is 34.1 Å². The van der Waals surface area contributed by atoms with Gasteiger partial charge >= 0.3 is 0 Å². The van der Waals surface area contributed by atoms with E-state index in [1.165, 1.54) is 11.8 Å². The maximum Gasteiger partial charge on any atom is 0.225 e. The van der Waals surface area contributed by atoms with E-state index in [4.69, 9.17) is 14.8 Å². The Morgan fingerprint density at radius 2 is 1.75 bits per heavy atom. The third-order valence-corrected chi connectivity index (χ3v) is 5.73. The number of aromatic nitrogens is 3. The zero-order valence-corrected chi connectivity index (χ0v) is 18.8. The maximum absolute atomic E-state index is 12.4. The third kappa shape index (κ3) is 5.18. The van der Waals surface area contributed by atoms with Gasteiger partial charge in [-0.3, -0.25) is 4.79 Å². The van der Waals surface area contributed by atoms with Gasteiger partial charge in [-0.1, -0.05) is 60.3 Å². The van der Waals surface area contributed by atoms with Crippen molar-refractivity contribution < 1.29 is 9.53 Å². The van der Waals surface area contributed by atoms with Gasteiger partial charge in [0.25, 0.3) is 0 Å². The molecule has 1 amide bonds. The summed E-state index contributed by atoms with van der Waals surface area (Å²) in [5.74, 6) is 2.08. The van der Waals surface area contributed by atoms with E-state index in [-0.39, 0.29) is 5.91 Å². The highest BCUT2D eigenvalue weighted by Crippen LogP contribution is 2.25. The quantitative estimate of drug-likeness (QED) is 0.370. The van der Waals surface area contributed by atoms with Gasteiger partial charge in [0.2, 0.25) is 11.1 Å². The Labute approximate surface area is 191 Å². The van der Waals surface area contributed by atoms with Gasteiger partial charge in [-0.05, 0) is 42.8 Å². The summed E-state index contributed by atoms with van der Waals surface area (Å²) >= 11 is 1.47. The van der Waals surface area contributed by atoms with Gasteiger partial charge in [0, 0.05) is 23.4 Å². The van der Waals surface area contributed by atoms with Crippen LogP contribution in [0.5, 0.6) is 5.75 Å². The van der Waals surface area contributed by atoms with Gasteiger partial charge in [-0.2, -0.15) is 0 Å². The van der Waals surface area contributed by atoms with Crippen LogP contribution in [0.2, 0.25) is 0 Å². The highest BCUT2D eigenvalue weighted by atomic mass is 32.2. The second kappa shape index (κ2) is 10.2. The van der Waals surface area contributed by atoms with Gasteiger partial charge < -0.3 is 10.1 Å². The van der Waals surface area contributed by atoms with Crippen molar-refractivity contribution in [2.24, 2.45) is 0 Å². The summed E-state index contributed by atoms with van der Waals surface area (Å²) in [5.41, 5.74) is 3.68. The molecule has 0 atom stereocenters. The number of aryl methyl sites for hydroxylation is 1. The van der Waals surface area contributed by atoms with Crippen LogP contribution in [0.4, 0.5) is 5.69 Å². The fourth-order valence-electron chi connectivity index (χ4n) is 3.23. The number of nitrogens with zero attached hydrogens (tertiary/aromatic N) is 3. The van der Waals surface area contributed by atoms with Crippen LogP contribution in [-0.4, -0.2) is 33.5 Å². The van der Waals surface area contributed by atoms with E-state index in [1.54, 1.807) is 7.11 Å². The van der Waals surface area contributed by atoms with Crippen molar-refractivity contribution in [2.75, 3.05) is 18.2 Å². The highest BCUT2D eigenvalue weighted by Gasteiger charge is 2.14. The van der Waals surface area contributed by atoms with Crippen molar-refractivity contribution in [3.8, 4) is 22.8 Å². The number of methoxy groups -OCH3 is 1. The molecule has 0 spiro atoms. The lowest BCUT2D eigenvalue weighted by Gasteiger charge is -2.09. The molecule has 0 aliphatic heterocycles. The molecule has 0 saturated heterocycles. The molecule has 0 bridgehead atoms. The summed E-state index contributed by atoms with van der Waals surface area (Å²) in [6.07, 6.45) is 0.358. The number of amides is 1. The maximum atomic E-state index is 12.4. The van der Waals surface area contributed by atoms with Crippen molar-refractivity contribution in [1.29, 1.82) is 0 Å². The first-order chi connectivity index (χ1) is 15.6. The molecule has 4 aromatic rings. The Hall–Kier alpha value is -3.58. The molecule has 3 aromatic carbocycles. The van der Waals surface area contributed by atoms with Crippen LogP contribution in [0.25, 0.3) is 17.1 Å². The van der Waals surface area contributed by atoms with Gasteiger partial charge in [0.1, 0.15) is 5.75 Å². The predicted molar refractivity (Wildman–Crippen MR) is 128 cm³/mol. The molecule has 0 unspecified atom stereocenters. The average molecular weight is 445 g/mol. The largest absolute Gasteiger partial charge is 0.497 e. The van der Waals surface area contributed by atoms with E-state index in [0.29, 0.717) is 17.3 Å². The summed E-state index contributed by atoms with van der Waals surface area (Å²) in [5, 5.41) is 8.30. The van der Waals surface area contributed by atoms with E-state index in [1.807, 2.05) is 90.5 Å². The summed E-state index contributed by atoms with van der Waals surface area (Å²) in [4.78, 5) is 17.2. The van der Waals surface area contributed by atoms with Crippen molar-refractivity contribution in [3.63, 3.8) is 0 Å². The first kappa shape index (κ1) is 21.6. The second-order valence-corrected chi connectivity index (χ2v) is 8.22. The molecule has 162 valence electrons. The Balaban J connectivity index is 1.43. The Bertz CT molecular complexity index is 1140. The molecule has 1 aromatic heterocycles. The molecule has 1 heterocycles. The van der Waals surface area contributed by atoms with Gasteiger partial charge in [0.05, 0.1) is 12.8 Å². The van der Waals surface area contributed by atoms with Gasteiger partial charge in [-0.15, -0.1) is 5.10 Å². The third-order valence-electron chi connectivity index (χ3n) is 4.89. The van der Waals surface area contributed by atoms with Crippen LogP contribution in [0.3, 0.4) is 0 Å². The molecule has 7 heteroatoms. The van der Waals surface area contributed by atoms with Crippen LogP contribution < -0.4 is 10.1 Å². The number of carbonyl (C=O) groups is 1. The number of hydrogen-bond donors (Lipinski definition) is 1. The van der Waals surface area contributed by atoms with Crippen molar-refractivity contribution in [2.45, 2.75) is 18.5 Å². The van der Waals surface area contributed by atoms with Crippen LogP contribution >= 0.6 is 11.8 Å². The van der Waals surface area contributed by atoms with E-state index in [2.05, 4.69) is 5.32 Å². The molecular formula is C25H24N4O2S. The SMILES string of the molecule is COc1ccc(NC(=O)CCSc2nc(-c3ccccc3)n(-c3ccccc3)n2)c(C)c1. The highest BCUT2D eigenvalue weighted by molar-refractivity contribution is 7.99. The fraction of sp³-hybridized carbons (Fsp3) is 0.160. The number of ether oxygens (including phenoxy) is 1.